The highest BCUT2D eigenvalue weighted by molar-refractivity contribution is 8.00. The molecular weight excluding hydrogens is 220 g/mol. The molecule has 1 saturated heterocycles. The van der Waals surface area contributed by atoms with Crippen LogP contribution >= 0.6 is 11.8 Å². The van der Waals surface area contributed by atoms with E-state index in [4.69, 9.17) is 11.6 Å². The number of thioether (sulfide) groups is 1. The second-order valence-electron chi connectivity index (χ2n) is 4.10. The number of aromatic nitrogens is 1. The van der Waals surface area contributed by atoms with Crippen molar-refractivity contribution in [2.24, 2.45) is 5.84 Å². The first-order valence-corrected chi connectivity index (χ1v) is 6.62. The molecule has 88 valence electrons. The van der Waals surface area contributed by atoms with Crippen molar-refractivity contribution in [3.05, 3.63) is 24.0 Å². The third-order valence-electron chi connectivity index (χ3n) is 3.01. The normalized spacial score (nSPS) is 22.2. The highest BCUT2D eigenvalue weighted by Crippen LogP contribution is 2.30. The molecule has 4 nitrogen and oxygen atoms in total. The smallest absolute Gasteiger partial charge is 0.0378 e. The van der Waals surface area contributed by atoms with Gasteiger partial charge < -0.3 is 5.73 Å². The topological polar surface area (TPSA) is 77.0 Å². The lowest BCUT2D eigenvalue weighted by molar-refractivity contribution is 0.496. The average molecular weight is 238 g/mol. The van der Waals surface area contributed by atoms with Gasteiger partial charge in [-0.25, -0.2) is 0 Å². The van der Waals surface area contributed by atoms with Crippen molar-refractivity contribution in [3.8, 4) is 0 Å². The predicted molar refractivity (Wildman–Crippen MR) is 68.9 cm³/mol. The fraction of sp³-hybridized carbons (Fsp3) is 0.545. The van der Waals surface area contributed by atoms with Crippen molar-refractivity contribution < 1.29 is 0 Å². The van der Waals surface area contributed by atoms with Crippen LogP contribution < -0.4 is 17.0 Å². The van der Waals surface area contributed by atoms with Gasteiger partial charge in [0, 0.05) is 29.4 Å². The van der Waals surface area contributed by atoms with Gasteiger partial charge in [0.1, 0.15) is 0 Å². The fourth-order valence-electron chi connectivity index (χ4n) is 2.06. The molecule has 2 unspecified atom stereocenters. The molecule has 0 aromatic carbocycles. The van der Waals surface area contributed by atoms with E-state index in [2.05, 4.69) is 10.4 Å². The van der Waals surface area contributed by atoms with E-state index in [1.165, 1.54) is 18.6 Å². The number of nitrogens with one attached hydrogen (secondary N) is 1. The molecule has 0 saturated carbocycles. The molecule has 2 rings (SSSR count). The molecule has 2 atom stereocenters. The van der Waals surface area contributed by atoms with Crippen LogP contribution in [0, 0.1) is 0 Å². The lowest BCUT2D eigenvalue weighted by atomic mass is 10.0. The van der Waals surface area contributed by atoms with Gasteiger partial charge in [0.05, 0.1) is 0 Å². The Bertz CT molecular complexity index is 339. The number of nitrogen functional groups attached to an aromatic ring is 1. The Morgan fingerprint density at radius 3 is 3.12 bits per heavy atom. The van der Waals surface area contributed by atoms with Gasteiger partial charge >= 0.3 is 0 Å². The Hall–Kier alpha value is -0.780. The Labute approximate surface area is 100 Å². The quantitative estimate of drug-likeness (QED) is 0.537. The first-order valence-electron chi connectivity index (χ1n) is 5.57. The summed E-state index contributed by atoms with van der Waals surface area (Å²) < 4.78 is 0. The van der Waals surface area contributed by atoms with Gasteiger partial charge in [0.25, 0.3) is 0 Å². The molecule has 1 aliphatic rings. The first-order chi connectivity index (χ1) is 7.81. The molecule has 0 bridgehead atoms. The zero-order chi connectivity index (χ0) is 11.4. The number of hydrazine groups is 1. The summed E-state index contributed by atoms with van der Waals surface area (Å²) in [5.41, 5.74) is 10.7. The number of anilines is 1. The monoisotopic (exact) mass is 238 g/mol. The van der Waals surface area contributed by atoms with Crippen LogP contribution in [0.3, 0.4) is 0 Å². The van der Waals surface area contributed by atoms with Gasteiger partial charge in [0.15, 0.2) is 0 Å². The van der Waals surface area contributed by atoms with Gasteiger partial charge in [-0.2, -0.15) is 11.8 Å². The molecule has 1 fully saturated rings. The molecule has 2 heterocycles. The van der Waals surface area contributed by atoms with Crippen molar-refractivity contribution in [3.63, 3.8) is 0 Å². The summed E-state index contributed by atoms with van der Waals surface area (Å²) in [6.07, 6.45) is 6.93. The number of hydrogen-bond donors (Lipinski definition) is 3. The number of nitrogens with zero attached hydrogens (tertiary/aromatic N) is 1. The largest absolute Gasteiger partial charge is 0.398 e. The average Bonchev–Trinajstić information content (AvgIpc) is 2.81. The van der Waals surface area contributed by atoms with E-state index in [-0.39, 0.29) is 0 Å². The summed E-state index contributed by atoms with van der Waals surface area (Å²) in [5, 5.41) is 0.601. The molecule has 1 aromatic rings. The molecule has 0 amide bonds. The van der Waals surface area contributed by atoms with Gasteiger partial charge in [-0.05, 0) is 36.6 Å². The summed E-state index contributed by atoms with van der Waals surface area (Å²) in [4.78, 5) is 4.10. The van der Waals surface area contributed by atoms with Crippen LogP contribution in [0.15, 0.2) is 18.5 Å². The Morgan fingerprint density at radius 1 is 1.62 bits per heavy atom. The van der Waals surface area contributed by atoms with E-state index < -0.39 is 0 Å². The maximum atomic E-state index is 5.91. The van der Waals surface area contributed by atoms with E-state index >= 15 is 0 Å². The van der Waals surface area contributed by atoms with Crippen LogP contribution in [0.2, 0.25) is 0 Å². The van der Waals surface area contributed by atoms with E-state index in [9.17, 15) is 0 Å². The molecule has 16 heavy (non-hydrogen) atoms. The number of nitrogens with two attached hydrogens (primary N) is 2. The molecular formula is C11H18N4S. The van der Waals surface area contributed by atoms with Gasteiger partial charge in [0.2, 0.25) is 0 Å². The van der Waals surface area contributed by atoms with Gasteiger partial charge in [-0.1, -0.05) is 0 Å². The Kier molecular flexibility index (Phi) is 4.04. The first kappa shape index (κ1) is 11.7. The standard InChI is InChI=1S/C11H18N4S/c12-9-3-4-14-7-8(9)6-10(15-13)11-2-1-5-16-11/h3-4,7,10-11,15H,1-2,5-6,13H2,(H2,12,14). The molecule has 5 heteroatoms. The number of hydrogen-bond acceptors (Lipinski definition) is 5. The lowest BCUT2D eigenvalue weighted by Crippen LogP contribution is -2.43. The molecule has 0 radical (unpaired) electrons. The fourth-order valence-corrected chi connectivity index (χ4v) is 3.44. The van der Waals surface area contributed by atoms with Crippen molar-refractivity contribution in [1.82, 2.24) is 10.4 Å². The Morgan fingerprint density at radius 2 is 2.50 bits per heavy atom. The molecule has 5 N–H and O–H groups in total. The predicted octanol–water partition coefficient (Wildman–Crippen LogP) is 0.934. The van der Waals surface area contributed by atoms with Crippen molar-refractivity contribution in [2.75, 3.05) is 11.5 Å². The van der Waals surface area contributed by atoms with Crippen LogP contribution in [0.4, 0.5) is 5.69 Å². The summed E-state index contributed by atoms with van der Waals surface area (Å²) in [7, 11) is 0. The minimum Gasteiger partial charge on any atom is -0.398 e. The number of pyridine rings is 1. The summed E-state index contributed by atoms with van der Waals surface area (Å²) in [6, 6.07) is 2.13. The third-order valence-corrected chi connectivity index (χ3v) is 4.53. The third kappa shape index (κ3) is 2.66. The van der Waals surface area contributed by atoms with Crippen molar-refractivity contribution in [1.29, 1.82) is 0 Å². The molecule has 0 spiro atoms. The summed E-state index contributed by atoms with van der Waals surface area (Å²) >= 11 is 2.00. The van der Waals surface area contributed by atoms with Crippen LogP contribution in [0.5, 0.6) is 0 Å². The van der Waals surface area contributed by atoms with E-state index in [0.717, 1.165) is 17.7 Å². The summed E-state index contributed by atoms with van der Waals surface area (Å²) in [6.45, 7) is 0. The van der Waals surface area contributed by atoms with Crippen molar-refractivity contribution in [2.45, 2.75) is 30.6 Å². The minimum atomic E-state index is 0.291. The van der Waals surface area contributed by atoms with Crippen LogP contribution in [0.1, 0.15) is 18.4 Å². The number of rotatable bonds is 4. The second kappa shape index (κ2) is 5.52. The van der Waals surface area contributed by atoms with Gasteiger partial charge in [-0.3, -0.25) is 16.3 Å². The van der Waals surface area contributed by atoms with Crippen molar-refractivity contribution >= 4 is 17.4 Å². The molecule has 0 aliphatic carbocycles. The SMILES string of the molecule is NNC(Cc1cnccc1N)C1CCCS1. The van der Waals surface area contributed by atoms with Crippen LogP contribution in [-0.2, 0) is 6.42 Å². The van der Waals surface area contributed by atoms with E-state index in [1.807, 2.05) is 24.0 Å². The van der Waals surface area contributed by atoms with E-state index in [1.54, 1.807) is 6.20 Å². The van der Waals surface area contributed by atoms with E-state index in [0.29, 0.717) is 11.3 Å². The molecule has 1 aliphatic heterocycles. The Balaban J connectivity index is 2.03. The summed E-state index contributed by atoms with van der Waals surface area (Å²) in [5.74, 6) is 6.87. The zero-order valence-electron chi connectivity index (χ0n) is 9.23. The second-order valence-corrected chi connectivity index (χ2v) is 5.45. The van der Waals surface area contributed by atoms with Crippen LogP contribution in [-0.4, -0.2) is 22.0 Å². The highest BCUT2D eigenvalue weighted by Gasteiger charge is 2.25. The maximum Gasteiger partial charge on any atom is 0.0378 e. The zero-order valence-corrected chi connectivity index (χ0v) is 10.0. The minimum absolute atomic E-state index is 0.291. The molecule has 1 aromatic heterocycles. The lowest BCUT2D eigenvalue weighted by Gasteiger charge is -2.22. The highest BCUT2D eigenvalue weighted by atomic mass is 32.2. The van der Waals surface area contributed by atoms with Gasteiger partial charge in [-0.15, -0.1) is 0 Å². The van der Waals surface area contributed by atoms with Crippen LogP contribution in [0.25, 0.3) is 0 Å². The maximum absolute atomic E-state index is 5.91.